The number of nitrogens with one attached hydrogen (secondary N) is 2. The Labute approximate surface area is 135 Å². The molecule has 0 spiro atoms. The number of H-pyrrole nitrogens is 1. The summed E-state index contributed by atoms with van der Waals surface area (Å²) in [6.45, 7) is 8.05. The Morgan fingerprint density at radius 1 is 1.27 bits per heavy atom. The zero-order valence-corrected chi connectivity index (χ0v) is 14.2. The van der Waals surface area contributed by atoms with Crippen molar-refractivity contribution in [3.8, 4) is 0 Å². The van der Waals surface area contributed by atoms with Crippen LogP contribution in [0.1, 0.15) is 45.0 Å². The van der Waals surface area contributed by atoms with E-state index >= 15 is 0 Å². The monoisotopic (exact) mass is 318 g/mol. The van der Waals surface area contributed by atoms with Crippen LogP contribution in [0.15, 0.2) is 29.4 Å². The second-order valence-electron chi connectivity index (χ2n) is 5.46. The molecular weight excluding hydrogens is 296 g/mol. The van der Waals surface area contributed by atoms with Gasteiger partial charge in [0.15, 0.2) is 0 Å². The SMILES string of the molecule is CCc1ccc(NC(=O)C(C)Sc2n[nH]c(C(C)C)n2)cc1. The largest absolute Gasteiger partial charge is 0.325 e. The number of benzene rings is 1. The van der Waals surface area contributed by atoms with E-state index in [-0.39, 0.29) is 11.2 Å². The first-order chi connectivity index (χ1) is 10.5. The summed E-state index contributed by atoms with van der Waals surface area (Å²) in [7, 11) is 0. The molecule has 22 heavy (non-hydrogen) atoms. The molecule has 2 rings (SSSR count). The van der Waals surface area contributed by atoms with E-state index in [1.165, 1.54) is 17.3 Å². The van der Waals surface area contributed by atoms with E-state index in [9.17, 15) is 4.79 Å². The van der Waals surface area contributed by atoms with Gasteiger partial charge >= 0.3 is 0 Å². The highest BCUT2D eigenvalue weighted by Crippen LogP contribution is 2.22. The summed E-state index contributed by atoms with van der Waals surface area (Å²) in [6.07, 6.45) is 0.990. The van der Waals surface area contributed by atoms with Gasteiger partial charge in [-0.3, -0.25) is 9.89 Å². The van der Waals surface area contributed by atoms with Crippen molar-refractivity contribution in [3.05, 3.63) is 35.7 Å². The fourth-order valence-electron chi connectivity index (χ4n) is 1.85. The van der Waals surface area contributed by atoms with Gasteiger partial charge in [0.25, 0.3) is 0 Å². The highest BCUT2D eigenvalue weighted by atomic mass is 32.2. The van der Waals surface area contributed by atoms with E-state index in [4.69, 9.17) is 0 Å². The van der Waals surface area contributed by atoms with Gasteiger partial charge in [0.2, 0.25) is 11.1 Å². The summed E-state index contributed by atoms with van der Waals surface area (Å²) >= 11 is 1.35. The van der Waals surface area contributed by atoms with Crippen LogP contribution < -0.4 is 5.32 Å². The van der Waals surface area contributed by atoms with Crippen molar-refractivity contribution in [2.75, 3.05) is 5.32 Å². The molecule has 0 radical (unpaired) electrons. The number of carbonyl (C=O) groups is 1. The third-order valence-corrected chi connectivity index (χ3v) is 4.27. The molecule has 2 N–H and O–H groups in total. The molecule has 1 atom stereocenters. The zero-order chi connectivity index (χ0) is 16.1. The van der Waals surface area contributed by atoms with E-state index in [1.807, 2.05) is 45.0 Å². The maximum atomic E-state index is 12.2. The molecule has 2 aromatic rings. The van der Waals surface area contributed by atoms with E-state index in [1.54, 1.807) is 0 Å². The standard InChI is InChI=1S/C16H22N4OS/c1-5-12-6-8-13(9-7-12)17-15(21)11(4)22-16-18-14(10(2)3)19-20-16/h6-11H,5H2,1-4H3,(H,17,21)(H,18,19,20). The molecule has 0 saturated heterocycles. The maximum Gasteiger partial charge on any atom is 0.237 e. The first-order valence-electron chi connectivity index (χ1n) is 7.48. The van der Waals surface area contributed by atoms with Crippen LogP contribution in [0.25, 0.3) is 0 Å². The average molecular weight is 318 g/mol. The fourth-order valence-corrected chi connectivity index (χ4v) is 2.58. The summed E-state index contributed by atoms with van der Waals surface area (Å²) < 4.78 is 0. The number of carbonyl (C=O) groups excluding carboxylic acids is 1. The molecule has 0 bridgehead atoms. The number of nitrogens with zero attached hydrogens (tertiary/aromatic N) is 2. The van der Waals surface area contributed by atoms with Gasteiger partial charge < -0.3 is 5.32 Å². The number of anilines is 1. The van der Waals surface area contributed by atoms with Crippen LogP contribution in [-0.2, 0) is 11.2 Å². The minimum absolute atomic E-state index is 0.0508. The summed E-state index contributed by atoms with van der Waals surface area (Å²) in [5.41, 5.74) is 2.06. The Kier molecular flexibility index (Phi) is 5.60. The molecule has 0 aliphatic rings. The van der Waals surface area contributed by atoms with Crippen molar-refractivity contribution in [2.45, 2.75) is 50.4 Å². The topological polar surface area (TPSA) is 70.7 Å². The first-order valence-corrected chi connectivity index (χ1v) is 8.36. The number of rotatable bonds is 6. The first kappa shape index (κ1) is 16.5. The number of hydrogen-bond acceptors (Lipinski definition) is 4. The van der Waals surface area contributed by atoms with E-state index in [0.29, 0.717) is 11.1 Å². The minimum Gasteiger partial charge on any atom is -0.325 e. The molecule has 1 amide bonds. The van der Waals surface area contributed by atoms with Gasteiger partial charge in [-0.05, 0) is 31.0 Å². The number of aryl methyl sites for hydroxylation is 1. The quantitative estimate of drug-likeness (QED) is 0.798. The van der Waals surface area contributed by atoms with Crippen LogP contribution >= 0.6 is 11.8 Å². The highest BCUT2D eigenvalue weighted by Gasteiger charge is 2.17. The zero-order valence-electron chi connectivity index (χ0n) is 13.4. The lowest BCUT2D eigenvalue weighted by atomic mass is 10.1. The second-order valence-corrected chi connectivity index (χ2v) is 6.77. The molecule has 1 unspecified atom stereocenters. The molecule has 0 aliphatic heterocycles. The molecule has 1 aromatic carbocycles. The third-order valence-electron chi connectivity index (χ3n) is 3.31. The van der Waals surface area contributed by atoms with Gasteiger partial charge in [0, 0.05) is 11.6 Å². The predicted octanol–water partition coefficient (Wildman–Crippen LogP) is 3.61. The maximum absolute atomic E-state index is 12.2. The summed E-state index contributed by atoms with van der Waals surface area (Å²) in [4.78, 5) is 16.6. The molecule has 0 aliphatic carbocycles. The number of aromatic amines is 1. The fraction of sp³-hybridized carbons (Fsp3) is 0.438. The Hall–Kier alpha value is -1.82. The Morgan fingerprint density at radius 3 is 2.50 bits per heavy atom. The molecular formula is C16H22N4OS. The van der Waals surface area contributed by atoms with Crippen LogP contribution in [0.4, 0.5) is 5.69 Å². The lowest BCUT2D eigenvalue weighted by Crippen LogP contribution is -2.22. The van der Waals surface area contributed by atoms with E-state index in [2.05, 4.69) is 27.4 Å². The van der Waals surface area contributed by atoms with Gasteiger partial charge in [-0.2, -0.15) is 0 Å². The van der Waals surface area contributed by atoms with Gasteiger partial charge in [-0.25, -0.2) is 4.98 Å². The number of aromatic nitrogens is 3. The van der Waals surface area contributed by atoms with Crippen molar-refractivity contribution in [2.24, 2.45) is 0 Å². The van der Waals surface area contributed by atoms with Crippen molar-refractivity contribution in [3.63, 3.8) is 0 Å². The molecule has 118 valence electrons. The second kappa shape index (κ2) is 7.45. The molecule has 6 heteroatoms. The summed E-state index contributed by atoms with van der Waals surface area (Å²) in [5.74, 6) is 1.08. The Bertz CT molecular complexity index is 621. The lowest BCUT2D eigenvalue weighted by molar-refractivity contribution is -0.115. The molecule has 1 heterocycles. The van der Waals surface area contributed by atoms with Gasteiger partial charge in [-0.1, -0.05) is 44.7 Å². The summed E-state index contributed by atoms with van der Waals surface area (Å²) in [5, 5.41) is 10.3. The van der Waals surface area contributed by atoms with Crippen LogP contribution in [0.2, 0.25) is 0 Å². The lowest BCUT2D eigenvalue weighted by Gasteiger charge is -2.10. The molecule has 5 nitrogen and oxygen atoms in total. The molecule has 0 saturated carbocycles. The smallest absolute Gasteiger partial charge is 0.237 e. The normalized spacial score (nSPS) is 12.4. The van der Waals surface area contributed by atoms with E-state index < -0.39 is 0 Å². The van der Waals surface area contributed by atoms with Crippen LogP contribution in [0, 0.1) is 0 Å². The van der Waals surface area contributed by atoms with Crippen molar-refractivity contribution in [1.29, 1.82) is 0 Å². The summed E-state index contributed by atoms with van der Waals surface area (Å²) in [6, 6.07) is 7.91. The number of amides is 1. The van der Waals surface area contributed by atoms with Crippen LogP contribution in [0.5, 0.6) is 0 Å². The molecule has 1 aromatic heterocycles. The number of hydrogen-bond donors (Lipinski definition) is 2. The Morgan fingerprint density at radius 2 is 1.95 bits per heavy atom. The highest BCUT2D eigenvalue weighted by molar-refractivity contribution is 8.00. The van der Waals surface area contributed by atoms with Crippen molar-refractivity contribution >= 4 is 23.4 Å². The Balaban J connectivity index is 1.93. The van der Waals surface area contributed by atoms with Gasteiger partial charge in [0.05, 0.1) is 5.25 Å². The van der Waals surface area contributed by atoms with Gasteiger partial charge in [-0.15, -0.1) is 5.10 Å². The number of thioether (sulfide) groups is 1. The minimum atomic E-state index is -0.262. The van der Waals surface area contributed by atoms with Crippen molar-refractivity contribution < 1.29 is 4.79 Å². The molecule has 0 fully saturated rings. The average Bonchev–Trinajstić information content (AvgIpc) is 2.96. The van der Waals surface area contributed by atoms with E-state index in [0.717, 1.165) is 17.9 Å². The van der Waals surface area contributed by atoms with Crippen molar-refractivity contribution in [1.82, 2.24) is 15.2 Å². The van der Waals surface area contributed by atoms with Crippen LogP contribution in [-0.4, -0.2) is 26.3 Å². The predicted molar refractivity (Wildman–Crippen MR) is 90.2 cm³/mol. The van der Waals surface area contributed by atoms with Gasteiger partial charge in [0.1, 0.15) is 5.82 Å². The van der Waals surface area contributed by atoms with Crippen LogP contribution in [0.3, 0.4) is 0 Å². The third kappa shape index (κ3) is 4.34.